The summed E-state index contributed by atoms with van der Waals surface area (Å²) < 4.78 is 0. The second-order valence-corrected chi connectivity index (χ2v) is 7.68. The van der Waals surface area contributed by atoms with Gasteiger partial charge in [0.15, 0.2) is 5.96 Å². The average Bonchev–Trinajstić information content (AvgIpc) is 2.79. The molecule has 12 heteroatoms. The van der Waals surface area contributed by atoms with Gasteiger partial charge in [-0.25, -0.2) is 10.5 Å². The number of nitrogens with two attached hydrogens (primary N) is 2. The fourth-order valence-electron chi connectivity index (χ4n) is 3.25. The van der Waals surface area contributed by atoms with Gasteiger partial charge in [-0.15, -0.1) is 0 Å². The monoisotopic (exact) mass is 486 g/mol. The van der Waals surface area contributed by atoms with Crippen LogP contribution < -0.4 is 62.2 Å². The molecule has 184 valence electrons. The van der Waals surface area contributed by atoms with Crippen LogP contribution in [0.15, 0.2) is 29.3 Å². The predicted molar refractivity (Wildman–Crippen MR) is 122 cm³/mol. The molecular weight excluding hydrogens is 451 g/mol. The number of carbonyl (C=O) groups excluding carboxylic acids is 3. The van der Waals surface area contributed by atoms with Crippen LogP contribution in [0.1, 0.15) is 56.1 Å². The van der Waals surface area contributed by atoms with Crippen molar-refractivity contribution in [2.75, 3.05) is 13.1 Å². The van der Waals surface area contributed by atoms with Gasteiger partial charge < -0.3 is 32.0 Å². The molecule has 0 aliphatic rings. The van der Waals surface area contributed by atoms with Crippen molar-refractivity contribution in [3.63, 3.8) is 0 Å². The normalized spacial score (nSPS) is 11.1. The van der Waals surface area contributed by atoms with Gasteiger partial charge in [0, 0.05) is 12.4 Å². The van der Waals surface area contributed by atoms with Gasteiger partial charge in [0.25, 0.3) is 5.91 Å². The number of nitrogens with one attached hydrogen (secondary N) is 3. The fourth-order valence-corrected chi connectivity index (χ4v) is 3.25. The van der Waals surface area contributed by atoms with E-state index in [1.54, 1.807) is 0 Å². The number of hydroxylamine groups is 1. The van der Waals surface area contributed by atoms with Crippen molar-refractivity contribution in [2.24, 2.45) is 16.5 Å². The molecule has 0 saturated heterocycles. The van der Waals surface area contributed by atoms with E-state index in [1.165, 1.54) is 11.0 Å². The predicted octanol–water partition coefficient (Wildman–Crippen LogP) is -3.93. The molecule has 34 heavy (non-hydrogen) atoms. The zero-order chi connectivity index (χ0) is 24.5. The molecule has 1 aromatic rings. The molecule has 0 aromatic heterocycles. The third-order valence-corrected chi connectivity index (χ3v) is 5.01. The standard InChI is InChI=1S/C22H36N6O5.Na/c23-22(24)26-15-17-8-4-3-7-16(17)9-6-14-25-13-5-1-2-10-19(29)27-18(21(32)28-33)11-12-20(30)31;/h3-4,7-8,18,25,33H,1-2,5-6,9-15H2,(H,27,29)(H,28,32)(H,30,31)(H4,23,24,26);/q;+1/p-1. The van der Waals surface area contributed by atoms with Gasteiger partial charge in [-0.2, -0.15) is 0 Å². The number of carboxylic acids is 1. The molecule has 1 aromatic carbocycles. The Morgan fingerprint density at radius 2 is 1.68 bits per heavy atom. The van der Waals surface area contributed by atoms with Gasteiger partial charge in [-0.05, 0) is 62.7 Å². The van der Waals surface area contributed by atoms with Crippen molar-refractivity contribution in [3.8, 4) is 0 Å². The van der Waals surface area contributed by atoms with E-state index < -0.39 is 24.3 Å². The van der Waals surface area contributed by atoms with E-state index in [1.807, 2.05) is 18.2 Å². The molecule has 1 rings (SSSR count). The molecule has 0 spiro atoms. The van der Waals surface area contributed by atoms with Crippen LogP contribution in [0.2, 0.25) is 0 Å². The Bertz CT molecular complexity index is 789. The van der Waals surface area contributed by atoms with Gasteiger partial charge in [-0.1, -0.05) is 30.7 Å². The topological polar surface area (TPSA) is 195 Å². The van der Waals surface area contributed by atoms with E-state index >= 15 is 0 Å². The molecule has 1 atom stereocenters. The molecule has 11 nitrogen and oxygen atoms in total. The molecule has 0 bridgehead atoms. The Labute approximate surface area is 222 Å². The van der Waals surface area contributed by atoms with E-state index in [0.717, 1.165) is 44.3 Å². The van der Waals surface area contributed by atoms with Crippen LogP contribution in [-0.4, -0.2) is 48.1 Å². The first-order valence-electron chi connectivity index (χ1n) is 11.1. The van der Waals surface area contributed by atoms with Crippen molar-refractivity contribution in [2.45, 2.75) is 64.0 Å². The maximum Gasteiger partial charge on any atom is 1.00 e. The number of carboxylic acid groups (broad SMARTS) is 1. The number of hydrogen-bond acceptors (Lipinski definition) is 7. The fraction of sp³-hybridized carbons (Fsp3) is 0.545. The van der Waals surface area contributed by atoms with Crippen molar-refractivity contribution < 1.29 is 54.3 Å². The molecule has 0 fully saturated rings. The Hall–Kier alpha value is -2.18. The summed E-state index contributed by atoms with van der Waals surface area (Å²) in [5, 5.41) is 25.1. The van der Waals surface area contributed by atoms with Crippen LogP contribution in [0.25, 0.3) is 0 Å². The summed E-state index contributed by atoms with van der Waals surface area (Å²) in [7, 11) is 0. The first-order valence-corrected chi connectivity index (χ1v) is 11.1. The van der Waals surface area contributed by atoms with Crippen molar-refractivity contribution in [1.29, 1.82) is 0 Å². The Morgan fingerprint density at radius 1 is 1.00 bits per heavy atom. The van der Waals surface area contributed by atoms with E-state index in [4.69, 9.17) is 16.7 Å². The zero-order valence-electron chi connectivity index (χ0n) is 19.8. The molecule has 0 aliphatic heterocycles. The van der Waals surface area contributed by atoms with Gasteiger partial charge in [0.05, 0.1) is 6.54 Å². The zero-order valence-corrected chi connectivity index (χ0v) is 21.8. The number of nitrogens with zero attached hydrogens (tertiary/aromatic N) is 1. The van der Waals surface area contributed by atoms with Gasteiger partial charge in [0.2, 0.25) is 5.91 Å². The minimum Gasteiger partial charge on any atom is -0.550 e. The first-order chi connectivity index (χ1) is 15.8. The van der Waals surface area contributed by atoms with E-state index in [0.29, 0.717) is 13.0 Å². The minimum absolute atomic E-state index is 0. The number of aliphatic carboxylic acids is 1. The van der Waals surface area contributed by atoms with Crippen LogP contribution in [0, 0.1) is 0 Å². The largest absolute Gasteiger partial charge is 1.00 e. The molecule has 0 heterocycles. The molecular formula is C22H35N6NaO5. The minimum atomic E-state index is -1.33. The number of amides is 2. The van der Waals surface area contributed by atoms with Gasteiger partial charge >= 0.3 is 29.6 Å². The Morgan fingerprint density at radius 3 is 2.32 bits per heavy atom. The molecule has 8 N–H and O–H groups in total. The first kappa shape index (κ1) is 31.8. The van der Waals surface area contributed by atoms with E-state index in [9.17, 15) is 19.5 Å². The summed E-state index contributed by atoms with van der Waals surface area (Å²) in [5.74, 6) is -2.47. The number of benzene rings is 1. The quantitative estimate of drug-likeness (QED) is 0.0321. The summed E-state index contributed by atoms with van der Waals surface area (Å²) >= 11 is 0. The maximum atomic E-state index is 12.0. The molecule has 2 amide bonds. The second kappa shape index (κ2) is 19.2. The van der Waals surface area contributed by atoms with E-state index in [-0.39, 0.29) is 54.3 Å². The van der Waals surface area contributed by atoms with Crippen LogP contribution >= 0.6 is 0 Å². The smallest absolute Gasteiger partial charge is 0.550 e. The second-order valence-electron chi connectivity index (χ2n) is 7.68. The van der Waals surface area contributed by atoms with Crippen molar-refractivity contribution in [1.82, 2.24) is 16.1 Å². The molecule has 0 saturated carbocycles. The molecule has 0 radical (unpaired) electrons. The maximum absolute atomic E-state index is 12.0. The number of rotatable bonds is 17. The Balaban J connectivity index is 0.0000109. The number of aryl methyl sites for hydroxylation is 1. The van der Waals surface area contributed by atoms with Gasteiger partial charge in [0.1, 0.15) is 6.04 Å². The van der Waals surface area contributed by atoms with Crippen molar-refractivity contribution in [3.05, 3.63) is 35.4 Å². The summed E-state index contributed by atoms with van der Waals surface area (Å²) in [6.07, 6.45) is 3.93. The average molecular weight is 487 g/mol. The number of aliphatic imine (C=N–C) groups is 1. The third kappa shape index (κ3) is 14.9. The third-order valence-electron chi connectivity index (χ3n) is 5.01. The van der Waals surface area contributed by atoms with Crippen molar-refractivity contribution >= 4 is 23.7 Å². The number of guanidine groups is 1. The van der Waals surface area contributed by atoms with Crippen LogP contribution in [0.3, 0.4) is 0 Å². The summed E-state index contributed by atoms with van der Waals surface area (Å²) in [6.45, 7) is 2.17. The summed E-state index contributed by atoms with van der Waals surface area (Å²) in [4.78, 5) is 38.1. The Kier molecular flexibility index (Phi) is 17.9. The van der Waals surface area contributed by atoms with Crippen LogP contribution in [0.4, 0.5) is 0 Å². The summed E-state index contributed by atoms with van der Waals surface area (Å²) in [5.41, 5.74) is 14.6. The van der Waals surface area contributed by atoms with Crippen LogP contribution in [-0.2, 0) is 27.3 Å². The van der Waals surface area contributed by atoms with Crippen LogP contribution in [0.5, 0.6) is 0 Å². The number of carbonyl (C=O) groups is 3. The number of hydrogen-bond donors (Lipinski definition) is 6. The SMILES string of the molecule is NC(N)=NCc1ccccc1CCCNCCCCCC(=O)NC(CCC(=O)[O-])C(=O)NO.[Na+]. The van der Waals surface area contributed by atoms with E-state index in [2.05, 4.69) is 21.7 Å². The molecule has 1 unspecified atom stereocenters. The number of unbranched alkanes of at least 4 members (excludes halogenated alkanes) is 2. The molecule has 0 aliphatic carbocycles. The summed E-state index contributed by atoms with van der Waals surface area (Å²) in [6, 6.07) is 6.96. The van der Waals surface area contributed by atoms with Gasteiger partial charge in [-0.3, -0.25) is 14.8 Å².